The summed E-state index contributed by atoms with van der Waals surface area (Å²) in [4.78, 5) is 16.9. The van der Waals surface area contributed by atoms with Gasteiger partial charge in [-0.3, -0.25) is 0 Å². The first-order valence-electron chi connectivity index (χ1n) is 4.59. The van der Waals surface area contributed by atoms with Gasteiger partial charge in [-0.15, -0.1) is 0 Å². The van der Waals surface area contributed by atoms with Crippen LogP contribution >= 0.6 is 0 Å². The number of nitrogens with zero attached hydrogens (tertiary/aromatic N) is 1. The zero-order chi connectivity index (χ0) is 11.7. The lowest BCUT2D eigenvalue weighted by Gasteiger charge is -2.05. The molecule has 0 spiro atoms. The van der Waals surface area contributed by atoms with Crippen LogP contribution in [-0.2, 0) is 0 Å². The second-order valence-electron chi connectivity index (χ2n) is 3.37. The molecule has 0 aliphatic heterocycles. The van der Waals surface area contributed by atoms with Gasteiger partial charge in [0.05, 0.1) is 5.69 Å². The number of benzene rings is 1. The van der Waals surface area contributed by atoms with Crippen molar-refractivity contribution in [3.8, 4) is 11.3 Å². The summed E-state index contributed by atoms with van der Waals surface area (Å²) in [6, 6.07) is 3.07. The first-order valence-corrected chi connectivity index (χ1v) is 4.59. The average Bonchev–Trinajstić information content (AvgIpc) is 2.25. The van der Waals surface area contributed by atoms with Crippen LogP contribution < -0.4 is 5.69 Å². The predicted molar refractivity (Wildman–Crippen MR) is 54.9 cm³/mol. The van der Waals surface area contributed by atoms with Gasteiger partial charge >= 0.3 is 5.69 Å². The Morgan fingerprint density at radius 3 is 2.81 bits per heavy atom. The number of aromatic nitrogens is 2. The number of hydrogen-bond acceptors (Lipinski definition) is 2. The summed E-state index contributed by atoms with van der Waals surface area (Å²) in [5.41, 5.74) is 0.252. The summed E-state index contributed by atoms with van der Waals surface area (Å²) >= 11 is 0. The SMILES string of the molecule is Cc1cnc(=O)[nH]c1-c1cc(F)ccc1F. The van der Waals surface area contributed by atoms with Gasteiger partial charge in [0, 0.05) is 11.8 Å². The van der Waals surface area contributed by atoms with Crippen LogP contribution in [0.5, 0.6) is 0 Å². The van der Waals surface area contributed by atoms with Crippen LogP contribution in [0.15, 0.2) is 29.2 Å². The molecule has 2 rings (SSSR count). The number of hydrogen-bond donors (Lipinski definition) is 1. The highest BCUT2D eigenvalue weighted by atomic mass is 19.1. The maximum Gasteiger partial charge on any atom is 0.345 e. The van der Waals surface area contributed by atoms with E-state index in [1.54, 1.807) is 6.92 Å². The van der Waals surface area contributed by atoms with Crippen molar-refractivity contribution in [1.82, 2.24) is 9.97 Å². The number of H-pyrrole nitrogens is 1. The Bertz CT molecular complexity index is 593. The van der Waals surface area contributed by atoms with E-state index in [-0.39, 0.29) is 11.3 Å². The Morgan fingerprint density at radius 2 is 2.06 bits per heavy atom. The topological polar surface area (TPSA) is 45.8 Å². The van der Waals surface area contributed by atoms with Gasteiger partial charge in [0.15, 0.2) is 0 Å². The molecule has 1 heterocycles. The molecule has 0 atom stereocenters. The molecule has 5 heteroatoms. The summed E-state index contributed by atoms with van der Waals surface area (Å²) < 4.78 is 26.4. The lowest BCUT2D eigenvalue weighted by Crippen LogP contribution is -2.11. The number of nitrogens with one attached hydrogen (secondary N) is 1. The van der Waals surface area contributed by atoms with Crippen molar-refractivity contribution in [3.05, 3.63) is 52.1 Å². The highest BCUT2D eigenvalue weighted by molar-refractivity contribution is 5.62. The molecule has 0 aliphatic rings. The Morgan fingerprint density at radius 1 is 1.31 bits per heavy atom. The molecule has 82 valence electrons. The van der Waals surface area contributed by atoms with Gasteiger partial charge in [-0.25, -0.2) is 18.6 Å². The minimum Gasteiger partial charge on any atom is -0.305 e. The average molecular weight is 222 g/mol. The lowest BCUT2D eigenvalue weighted by atomic mass is 10.1. The van der Waals surface area contributed by atoms with E-state index < -0.39 is 17.3 Å². The van der Waals surface area contributed by atoms with Crippen molar-refractivity contribution in [2.24, 2.45) is 0 Å². The fraction of sp³-hybridized carbons (Fsp3) is 0.0909. The van der Waals surface area contributed by atoms with E-state index in [0.29, 0.717) is 5.56 Å². The van der Waals surface area contributed by atoms with Crippen molar-refractivity contribution in [2.45, 2.75) is 6.92 Å². The first kappa shape index (κ1) is 10.5. The Labute approximate surface area is 89.8 Å². The van der Waals surface area contributed by atoms with Crippen LogP contribution in [0.4, 0.5) is 8.78 Å². The first-order chi connectivity index (χ1) is 7.58. The lowest BCUT2D eigenvalue weighted by molar-refractivity contribution is 0.602. The van der Waals surface area contributed by atoms with E-state index in [4.69, 9.17) is 0 Å². The number of halogens is 2. The maximum atomic E-state index is 13.5. The van der Waals surface area contributed by atoms with Gasteiger partial charge in [0.2, 0.25) is 0 Å². The smallest absolute Gasteiger partial charge is 0.305 e. The van der Waals surface area contributed by atoms with E-state index in [0.717, 1.165) is 18.2 Å². The predicted octanol–water partition coefficient (Wildman–Crippen LogP) is 2.02. The summed E-state index contributed by atoms with van der Waals surface area (Å²) in [5.74, 6) is -1.15. The summed E-state index contributed by atoms with van der Waals surface area (Å²) in [6.45, 7) is 1.66. The zero-order valence-corrected chi connectivity index (χ0v) is 8.42. The molecule has 0 bridgehead atoms. The molecule has 0 aliphatic carbocycles. The standard InChI is InChI=1S/C11H8F2N2O/c1-6-5-14-11(16)15-10(6)8-4-7(12)2-3-9(8)13/h2-5H,1H3,(H,14,15,16). The molecule has 1 aromatic carbocycles. The fourth-order valence-corrected chi connectivity index (χ4v) is 1.43. The van der Waals surface area contributed by atoms with Crippen LogP contribution in [0, 0.1) is 18.6 Å². The third kappa shape index (κ3) is 1.84. The van der Waals surface area contributed by atoms with Crippen molar-refractivity contribution in [1.29, 1.82) is 0 Å². The van der Waals surface area contributed by atoms with Gasteiger partial charge < -0.3 is 4.98 Å². The molecule has 16 heavy (non-hydrogen) atoms. The van der Waals surface area contributed by atoms with Crippen LogP contribution in [-0.4, -0.2) is 9.97 Å². The van der Waals surface area contributed by atoms with E-state index in [9.17, 15) is 13.6 Å². The van der Waals surface area contributed by atoms with Crippen molar-refractivity contribution in [3.63, 3.8) is 0 Å². The Balaban J connectivity index is 2.71. The molecule has 0 saturated heterocycles. The van der Waals surface area contributed by atoms with Crippen LogP contribution in [0.25, 0.3) is 11.3 Å². The van der Waals surface area contributed by atoms with Crippen molar-refractivity contribution >= 4 is 0 Å². The molecular formula is C11H8F2N2O. The Hall–Kier alpha value is -2.04. The van der Waals surface area contributed by atoms with Gasteiger partial charge in [0.1, 0.15) is 11.6 Å². The van der Waals surface area contributed by atoms with Crippen LogP contribution in [0.1, 0.15) is 5.56 Å². The second-order valence-corrected chi connectivity index (χ2v) is 3.37. The number of aromatic amines is 1. The van der Waals surface area contributed by atoms with Gasteiger partial charge in [-0.1, -0.05) is 0 Å². The molecule has 1 aromatic heterocycles. The highest BCUT2D eigenvalue weighted by Gasteiger charge is 2.10. The van der Waals surface area contributed by atoms with E-state index in [1.165, 1.54) is 6.20 Å². The normalized spacial score (nSPS) is 10.4. The molecule has 1 N–H and O–H groups in total. The second kappa shape index (κ2) is 3.84. The molecule has 0 fully saturated rings. The monoisotopic (exact) mass is 222 g/mol. The molecule has 0 amide bonds. The van der Waals surface area contributed by atoms with E-state index in [2.05, 4.69) is 9.97 Å². The number of aryl methyl sites for hydroxylation is 1. The molecule has 0 unspecified atom stereocenters. The number of rotatable bonds is 1. The minimum atomic E-state index is -0.593. The van der Waals surface area contributed by atoms with Crippen LogP contribution in [0.2, 0.25) is 0 Å². The minimum absolute atomic E-state index is 0.0250. The van der Waals surface area contributed by atoms with Gasteiger partial charge in [0.25, 0.3) is 0 Å². The summed E-state index contributed by atoms with van der Waals surface area (Å²) in [5, 5.41) is 0. The summed E-state index contributed by atoms with van der Waals surface area (Å²) in [6.07, 6.45) is 1.32. The molecule has 3 nitrogen and oxygen atoms in total. The fourth-order valence-electron chi connectivity index (χ4n) is 1.43. The van der Waals surface area contributed by atoms with E-state index >= 15 is 0 Å². The van der Waals surface area contributed by atoms with Crippen molar-refractivity contribution < 1.29 is 8.78 Å². The Kier molecular flexibility index (Phi) is 2.52. The third-order valence-corrected chi connectivity index (χ3v) is 2.20. The van der Waals surface area contributed by atoms with Crippen molar-refractivity contribution in [2.75, 3.05) is 0 Å². The van der Waals surface area contributed by atoms with Gasteiger partial charge in [-0.05, 0) is 30.7 Å². The largest absolute Gasteiger partial charge is 0.345 e. The molecular weight excluding hydrogens is 214 g/mol. The molecule has 0 radical (unpaired) electrons. The van der Waals surface area contributed by atoms with Gasteiger partial charge in [-0.2, -0.15) is 0 Å². The third-order valence-electron chi connectivity index (χ3n) is 2.20. The van der Waals surface area contributed by atoms with Crippen LogP contribution in [0.3, 0.4) is 0 Å². The summed E-state index contributed by atoms with van der Waals surface area (Å²) in [7, 11) is 0. The maximum absolute atomic E-state index is 13.5. The molecule has 2 aromatic rings. The molecule has 0 saturated carbocycles. The zero-order valence-electron chi connectivity index (χ0n) is 8.42. The van der Waals surface area contributed by atoms with E-state index in [1.807, 2.05) is 0 Å². The quantitative estimate of drug-likeness (QED) is 0.802. The highest BCUT2D eigenvalue weighted by Crippen LogP contribution is 2.23.